The normalized spacial score (nSPS) is 15.2. The third-order valence-electron chi connectivity index (χ3n) is 4.58. The number of nitrogens with one attached hydrogen (secondary N) is 2. The van der Waals surface area contributed by atoms with E-state index in [-0.39, 0.29) is 12.1 Å². The van der Waals surface area contributed by atoms with Gasteiger partial charge in [0.15, 0.2) is 0 Å². The summed E-state index contributed by atoms with van der Waals surface area (Å²) in [6, 6.07) is 14.2. The van der Waals surface area contributed by atoms with Gasteiger partial charge in [0.2, 0.25) is 5.95 Å². The summed E-state index contributed by atoms with van der Waals surface area (Å²) >= 11 is 1.63. The van der Waals surface area contributed by atoms with Crippen LogP contribution in [0.3, 0.4) is 0 Å². The maximum atomic E-state index is 10.7. The molecule has 1 fully saturated rings. The van der Waals surface area contributed by atoms with Crippen molar-refractivity contribution in [3.8, 4) is 0 Å². The van der Waals surface area contributed by atoms with Gasteiger partial charge in [0.1, 0.15) is 0 Å². The van der Waals surface area contributed by atoms with Gasteiger partial charge in [-0.05, 0) is 55.3 Å². The number of carbonyl (C=O) groups is 1. The molecule has 0 saturated carbocycles. The van der Waals surface area contributed by atoms with Crippen LogP contribution in [-0.4, -0.2) is 45.5 Å². The molecule has 4 rings (SSSR count). The number of nitrogens with zero attached hydrogens (tertiary/aromatic N) is 2. The van der Waals surface area contributed by atoms with Crippen molar-refractivity contribution in [1.82, 2.24) is 9.97 Å². The summed E-state index contributed by atoms with van der Waals surface area (Å²) in [6.45, 7) is 1.77. The predicted molar refractivity (Wildman–Crippen MR) is 106 cm³/mol. The fraction of sp³-hybridized carbons (Fsp3) is 0.263. The number of aliphatic hydroxyl groups is 1. The third kappa shape index (κ3) is 4.17. The molecule has 1 amide bonds. The molecule has 0 bridgehead atoms. The van der Waals surface area contributed by atoms with E-state index >= 15 is 0 Å². The van der Waals surface area contributed by atoms with Gasteiger partial charge in [0.25, 0.3) is 0 Å². The van der Waals surface area contributed by atoms with Gasteiger partial charge in [0.05, 0.1) is 17.1 Å². The van der Waals surface area contributed by atoms with Crippen LogP contribution in [0.1, 0.15) is 12.8 Å². The number of aromatic nitrogens is 2. The molecule has 2 heterocycles. The van der Waals surface area contributed by atoms with Crippen LogP contribution in [0, 0.1) is 0 Å². The first-order valence-electron chi connectivity index (χ1n) is 8.77. The van der Waals surface area contributed by atoms with Gasteiger partial charge < -0.3 is 20.1 Å². The van der Waals surface area contributed by atoms with Crippen LogP contribution in [0.2, 0.25) is 0 Å². The van der Waals surface area contributed by atoms with E-state index < -0.39 is 6.09 Å². The van der Waals surface area contributed by atoms with Gasteiger partial charge in [-0.1, -0.05) is 11.8 Å². The first-order valence-corrected chi connectivity index (χ1v) is 9.59. The van der Waals surface area contributed by atoms with Crippen molar-refractivity contribution in [3.05, 3.63) is 42.5 Å². The quantitative estimate of drug-likeness (QED) is 0.546. The van der Waals surface area contributed by atoms with Crippen LogP contribution in [0.4, 0.5) is 16.4 Å². The van der Waals surface area contributed by atoms with E-state index in [1.807, 2.05) is 18.2 Å². The molecule has 0 atom stereocenters. The topological polar surface area (TPSA) is 101 Å². The largest absolute Gasteiger partial charge is 0.465 e. The average Bonchev–Trinajstić information content (AvgIpc) is 3.04. The highest BCUT2D eigenvalue weighted by Crippen LogP contribution is 2.31. The highest BCUT2D eigenvalue weighted by molar-refractivity contribution is 7.99. The molecular formula is C19H20N4O3S. The van der Waals surface area contributed by atoms with E-state index in [0.29, 0.717) is 5.52 Å². The molecule has 27 heavy (non-hydrogen) atoms. The number of H-pyrrole nitrogens is 1. The number of aromatic amines is 1. The molecule has 7 nitrogen and oxygen atoms in total. The number of benzene rings is 2. The molecule has 0 spiro atoms. The molecule has 0 unspecified atom stereocenters. The van der Waals surface area contributed by atoms with Crippen LogP contribution in [-0.2, 0) is 0 Å². The molecule has 1 aliphatic rings. The third-order valence-corrected chi connectivity index (χ3v) is 5.58. The number of carboxylic acid groups (broad SMARTS) is 1. The zero-order chi connectivity index (χ0) is 18.8. The van der Waals surface area contributed by atoms with Crippen LogP contribution < -0.4 is 10.2 Å². The summed E-state index contributed by atoms with van der Waals surface area (Å²) in [7, 11) is 0. The smallest absolute Gasteiger partial charge is 0.411 e. The number of fused-ring (bicyclic) bond motifs is 1. The summed E-state index contributed by atoms with van der Waals surface area (Å²) in [6.07, 6.45) is 0.323. The van der Waals surface area contributed by atoms with Crippen molar-refractivity contribution in [2.45, 2.75) is 28.7 Å². The number of amides is 1. The Hall–Kier alpha value is -2.71. The molecular weight excluding hydrogens is 364 g/mol. The summed E-state index contributed by atoms with van der Waals surface area (Å²) < 4.78 is 0. The molecule has 3 aromatic rings. The highest BCUT2D eigenvalue weighted by atomic mass is 32.2. The van der Waals surface area contributed by atoms with E-state index in [9.17, 15) is 9.90 Å². The van der Waals surface area contributed by atoms with E-state index in [1.165, 1.54) is 5.69 Å². The number of anilines is 2. The molecule has 4 N–H and O–H groups in total. The van der Waals surface area contributed by atoms with E-state index in [4.69, 9.17) is 5.11 Å². The van der Waals surface area contributed by atoms with Crippen molar-refractivity contribution >= 4 is 40.5 Å². The van der Waals surface area contributed by atoms with E-state index in [2.05, 4.69) is 44.5 Å². The molecule has 0 aliphatic carbocycles. The van der Waals surface area contributed by atoms with Crippen LogP contribution in [0.15, 0.2) is 52.3 Å². The number of piperidine rings is 1. The van der Waals surface area contributed by atoms with Gasteiger partial charge >= 0.3 is 6.09 Å². The Morgan fingerprint density at radius 3 is 2.56 bits per heavy atom. The monoisotopic (exact) mass is 384 g/mol. The second-order valence-electron chi connectivity index (χ2n) is 6.51. The van der Waals surface area contributed by atoms with Crippen LogP contribution in [0.25, 0.3) is 11.0 Å². The van der Waals surface area contributed by atoms with Crippen molar-refractivity contribution in [1.29, 1.82) is 0 Å². The number of imidazole rings is 1. The summed E-state index contributed by atoms with van der Waals surface area (Å²) in [5.41, 5.74) is 2.68. The Balaban J connectivity index is 1.46. The Morgan fingerprint density at radius 2 is 1.85 bits per heavy atom. The lowest BCUT2D eigenvalue weighted by atomic mass is 10.1. The van der Waals surface area contributed by atoms with Crippen LogP contribution in [0.5, 0.6) is 0 Å². The van der Waals surface area contributed by atoms with E-state index in [1.54, 1.807) is 11.8 Å². The minimum atomic E-state index is -1.15. The number of hydrogen-bond donors (Lipinski definition) is 4. The summed E-state index contributed by atoms with van der Waals surface area (Å²) in [5, 5.41) is 20.6. The summed E-state index contributed by atoms with van der Waals surface area (Å²) in [5.74, 6) is 0.218. The summed E-state index contributed by atoms with van der Waals surface area (Å²) in [4.78, 5) is 22.3. The maximum absolute atomic E-state index is 10.7. The fourth-order valence-electron chi connectivity index (χ4n) is 3.19. The molecule has 1 saturated heterocycles. The van der Waals surface area contributed by atoms with Gasteiger partial charge in [-0.15, -0.1) is 0 Å². The lowest BCUT2D eigenvalue weighted by Crippen LogP contribution is -2.35. The standard InChI is InChI=1S/C19H20N4O3S/c24-13-7-9-23(10-8-13)12-1-3-14(4-2-12)27-15-5-6-16-17(11-15)21-18(20-16)22-19(25)26/h1-6,11,13,24H,7-10H2,(H,25,26)(H2,20,21,22). The Labute approximate surface area is 160 Å². The number of hydrogen-bond acceptors (Lipinski definition) is 5. The molecule has 0 radical (unpaired) electrons. The van der Waals surface area contributed by atoms with Crippen molar-refractivity contribution in [2.75, 3.05) is 23.3 Å². The Morgan fingerprint density at radius 1 is 1.15 bits per heavy atom. The minimum absolute atomic E-state index is 0.167. The highest BCUT2D eigenvalue weighted by Gasteiger charge is 2.17. The van der Waals surface area contributed by atoms with Crippen molar-refractivity contribution in [2.24, 2.45) is 0 Å². The lowest BCUT2D eigenvalue weighted by Gasteiger charge is -2.31. The number of rotatable bonds is 4. The van der Waals surface area contributed by atoms with Gasteiger partial charge in [-0.3, -0.25) is 5.32 Å². The number of aliphatic hydroxyl groups excluding tert-OH is 1. The van der Waals surface area contributed by atoms with Gasteiger partial charge in [0, 0.05) is 28.6 Å². The molecule has 1 aromatic heterocycles. The average molecular weight is 384 g/mol. The second-order valence-corrected chi connectivity index (χ2v) is 7.66. The molecule has 1 aliphatic heterocycles. The van der Waals surface area contributed by atoms with E-state index in [0.717, 1.165) is 41.2 Å². The molecule has 140 valence electrons. The zero-order valence-corrected chi connectivity index (χ0v) is 15.4. The van der Waals surface area contributed by atoms with Crippen molar-refractivity contribution < 1.29 is 15.0 Å². The Kier molecular flexibility index (Phi) is 4.91. The minimum Gasteiger partial charge on any atom is -0.465 e. The maximum Gasteiger partial charge on any atom is 0.411 e. The first-order chi connectivity index (χ1) is 13.1. The SMILES string of the molecule is O=C(O)Nc1nc2cc(Sc3ccc(N4CCC(O)CC4)cc3)ccc2[nH]1. The fourth-order valence-corrected chi connectivity index (χ4v) is 4.05. The van der Waals surface area contributed by atoms with Crippen molar-refractivity contribution in [3.63, 3.8) is 0 Å². The predicted octanol–water partition coefficient (Wildman–Crippen LogP) is 3.77. The zero-order valence-electron chi connectivity index (χ0n) is 14.6. The van der Waals surface area contributed by atoms with Gasteiger partial charge in [-0.2, -0.15) is 0 Å². The first kappa shape index (κ1) is 17.7. The Bertz CT molecular complexity index is 949. The van der Waals surface area contributed by atoms with Crippen LogP contribution >= 0.6 is 11.8 Å². The van der Waals surface area contributed by atoms with Gasteiger partial charge in [-0.25, -0.2) is 9.78 Å². The molecule has 2 aromatic carbocycles. The second kappa shape index (κ2) is 7.50. The lowest BCUT2D eigenvalue weighted by molar-refractivity contribution is 0.145. The molecule has 8 heteroatoms.